The number of aliphatic imine (C=N–C) groups is 1. The molecule has 6 heteroatoms. The maximum atomic E-state index is 12.4. The third kappa shape index (κ3) is 6.17. The second kappa shape index (κ2) is 10.9. The molecule has 2 saturated heterocycles. The number of piperidine rings is 1. The Bertz CT molecular complexity index is 860. The Balaban J connectivity index is 1.21. The van der Waals surface area contributed by atoms with Gasteiger partial charge in [0.15, 0.2) is 5.96 Å². The minimum absolute atomic E-state index is 0.450. The van der Waals surface area contributed by atoms with Crippen molar-refractivity contribution in [2.75, 3.05) is 19.3 Å². The number of nitrogens with one attached hydrogen (secondary N) is 2. The zero-order chi connectivity index (χ0) is 21.5. The van der Waals surface area contributed by atoms with Gasteiger partial charge in [-0.2, -0.15) is 0 Å². The summed E-state index contributed by atoms with van der Waals surface area (Å²) in [6.07, 6.45) is 4.90. The van der Waals surface area contributed by atoms with Gasteiger partial charge in [-0.15, -0.1) is 0 Å². The van der Waals surface area contributed by atoms with E-state index in [0.29, 0.717) is 36.2 Å². The van der Waals surface area contributed by atoms with Crippen molar-refractivity contribution in [2.45, 2.75) is 56.1 Å². The van der Waals surface area contributed by atoms with Crippen LogP contribution in [0.25, 0.3) is 0 Å². The summed E-state index contributed by atoms with van der Waals surface area (Å²) in [7, 11) is 0.941. The summed E-state index contributed by atoms with van der Waals surface area (Å²) >= 11 is 0. The topological polar surface area (TPSA) is 56.7 Å². The van der Waals surface area contributed by atoms with Crippen LogP contribution in [0.15, 0.2) is 65.7 Å². The number of benzene rings is 2. The number of hydrogen-bond donors (Lipinski definition) is 2. The monoisotopic (exact) mass is 438 g/mol. The second-order valence-corrected chi connectivity index (χ2v) is 10.2. The summed E-state index contributed by atoms with van der Waals surface area (Å²) in [5.74, 6) is 2.06. The van der Waals surface area contributed by atoms with E-state index < -0.39 is 10.8 Å². The lowest BCUT2D eigenvalue weighted by molar-refractivity contribution is 0.114. The Morgan fingerprint density at radius 3 is 2.23 bits per heavy atom. The molecule has 0 aromatic heterocycles. The summed E-state index contributed by atoms with van der Waals surface area (Å²) < 4.78 is 12.4. The fourth-order valence-electron chi connectivity index (χ4n) is 4.95. The fraction of sp³-hybridized carbons (Fsp3) is 0.480. The zero-order valence-corrected chi connectivity index (χ0v) is 19.2. The predicted octanol–water partition coefficient (Wildman–Crippen LogP) is 3.30. The molecule has 2 aliphatic heterocycles. The highest BCUT2D eigenvalue weighted by atomic mass is 32.2. The van der Waals surface area contributed by atoms with Crippen LogP contribution >= 0.6 is 0 Å². The van der Waals surface area contributed by atoms with Gasteiger partial charge in [0.1, 0.15) is 0 Å². The SMILES string of the molecule is CN=C(NCCS(=O)Cc1ccccc1)NC1CC2CCC(C1)N2Cc1ccccc1. The molecule has 2 bridgehead atoms. The van der Waals surface area contributed by atoms with Crippen LogP contribution in [0.5, 0.6) is 0 Å². The minimum Gasteiger partial charge on any atom is -0.355 e. The first-order valence-electron chi connectivity index (χ1n) is 11.4. The Morgan fingerprint density at radius 2 is 1.61 bits per heavy atom. The summed E-state index contributed by atoms with van der Waals surface area (Å²) in [5, 5.41) is 6.99. The van der Waals surface area contributed by atoms with Crippen molar-refractivity contribution in [3.05, 3.63) is 71.8 Å². The van der Waals surface area contributed by atoms with Gasteiger partial charge < -0.3 is 10.6 Å². The highest BCUT2D eigenvalue weighted by molar-refractivity contribution is 7.84. The normalized spacial score (nSPS) is 24.7. The Labute approximate surface area is 188 Å². The van der Waals surface area contributed by atoms with Crippen LogP contribution in [-0.2, 0) is 23.1 Å². The molecule has 2 aromatic carbocycles. The molecule has 2 fully saturated rings. The van der Waals surface area contributed by atoms with Crippen LogP contribution in [-0.4, -0.2) is 52.5 Å². The molecule has 5 nitrogen and oxygen atoms in total. The van der Waals surface area contributed by atoms with E-state index in [1.807, 2.05) is 37.4 Å². The summed E-state index contributed by atoms with van der Waals surface area (Å²) in [4.78, 5) is 7.11. The highest BCUT2D eigenvalue weighted by Gasteiger charge is 2.40. The first-order valence-corrected chi connectivity index (χ1v) is 12.9. The summed E-state index contributed by atoms with van der Waals surface area (Å²) in [6, 6.07) is 22.6. The van der Waals surface area contributed by atoms with E-state index in [2.05, 4.69) is 50.9 Å². The highest BCUT2D eigenvalue weighted by Crippen LogP contribution is 2.36. The molecule has 3 unspecified atom stereocenters. The quantitative estimate of drug-likeness (QED) is 0.491. The minimum atomic E-state index is -0.874. The molecule has 2 aromatic rings. The van der Waals surface area contributed by atoms with E-state index in [4.69, 9.17) is 0 Å². The first kappa shape index (κ1) is 22.0. The van der Waals surface area contributed by atoms with Crippen molar-refractivity contribution in [2.24, 2.45) is 4.99 Å². The lowest BCUT2D eigenvalue weighted by Gasteiger charge is -2.39. The van der Waals surface area contributed by atoms with E-state index in [1.165, 1.54) is 18.4 Å². The molecule has 0 aliphatic carbocycles. The molecule has 0 saturated carbocycles. The van der Waals surface area contributed by atoms with Crippen molar-refractivity contribution in [3.63, 3.8) is 0 Å². The van der Waals surface area contributed by atoms with E-state index >= 15 is 0 Å². The van der Waals surface area contributed by atoms with Crippen LogP contribution < -0.4 is 10.6 Å². The van der Waals surface area contributed by atoms with Gasteiger partial charge in [0.05, 0.1) is 0 Å². The number of nitrogens with zero attached hydrogens (tertiary/aromatic N) is 2. The van der Waals surface area contributed by atoms with Gasteiger partial charge in [-0.3, -0.25) is 14.1 Å². The molecule has 3 atom stereocenters. The molecular formula is C25H34N4OS. The van der Waals surface area contributed by atoms with Crippen molar-refractivity contribution in [1.29, 1.82) is 0 Å². The molecule has 0 radical (unpaired) electrons. The van der Waals surface area contributed by atoms with Crippen LogP contribution in [0, 0.1) is 0 Å². The number of guanidine groups is 1. The standard InChI is InChI=1S/C25H34N4OS/c1-26-25(27-14-15-31(30)19-21-10-6-3-7-11-21)28-22-16-23-12-13-24(17-22)29(23)18-20-8-4-2-5-9-20/h2-11,22-24H,12-19H2,1H3,(H2,26,27,28). The molecule has 2 N–H and O–H groups in total. The van der Waals surface area contributed by atoms with Crippen molar-refractivity contribution in [1.82, 2.24) is 15.5 Å². The number of fused-ring (bicyclic) bond motifs is 2. The lowest BCUT2D eigenvalue weighted by atomic mass is 9.96. The van der Waals surface area contributed by atoms with Gasteiger partial charge in [-0.25, -0.2) is 0 Å². The van der Waals surface area contributed by atoms with E-state index in [9.17, 15) is 4.21 Å². The maximum absolute atomic E-state index is 12.4. The van der Waals surface area contributed by atoms with Gasteiger partial charge in [0, 0.05) is 60.6 Å². The summed E-state index contributed by atoms with van der Waals surface area (Å²) in [5.41, 5.74) is 2.54. The van der Waals surface area contributed by atoms with Gasteiger partial charge in [0.2, 0.25) is 0 Å². The molecule has 0 amide bonds. The molecule has 2 heterocycles. The largest absolute Gasteiger partial charge is 0.355 e. The average Bonchev–Trinajstić information content (AvgIpc) is 3.02. The van der Waals surface area contributed by atoms with E-state index in [1.54, 1.807) is 0 Å². The lowest BCUT2D eigenvalue weighted by Crippen LogP contribution is -2.52. The molecule has 4 rings (SSSR count). The van der Waals surface area contributed by atoms with Crippen molar-refractivity contribution >= 4 is 16.8 Å². The molecule has 2 aliphatic rings. The molecule has 166 valence electrons. The van der Waals surface area contributed by atoms with Crippen LogP contribution in [0.3, 0.4) is 0 Å². The molecular weight excluding hydrogens is 404 g/mol. The van der Waals surface area contributed by atoms with Crippen LogP contribution in [0.4, 0.5) is 0 Å². The zero-order valence-electron chi connectivity index (χ0n) is 18.4. The third-order valence-electron chi connectivity index (χ3n) is 6.45. The van der Waals surface area contributed by atoms with E-state index in [-0.39, 0.29) is 0 Å². The molecule has 0 spiro atoms. The van der Waals surface area contributed by atoms with Gasteiger partial charge >= 0.3 is 0 Å². The second-order valence-electron chi connectivity index (χ2n) is 8.63. The maximum Gasteiger partial charge on any atom is 0.191 e. The van der Waals surface area contributed by atoms with Gasteiger partial charge in [-0.1, -0.05) is 60.7 Å². The Kier molecular flexibility index (Phi) is 7.76. The first-order chi connectivity index (χ1) is 15.2. The number of rotatable bonds is 8. The van der Waals surface area contributed by atoms with Crippen molar-refractivity contribution in [3.8, 4) is 0 Å². The van der Waals surface area contributed by atoms with Crippen LogP contribution in [0.2, 0.25) is 0 Å². The van der Waals surface area contributed by atoms with Gasteiger partial charge in [-0.05, 0) is 36.8 Å². The third-order valence-corrected chi connectivity index (χ3v) is 7.76. The Hall–Kier alpha value is -2.18. The average molecular weight is 439 g/mol. The summed E-state index contributed by atoms with van der Waals surface area (Å²) in [6.45, 7) is 1.72. The Morgan fingerprint density at radius 1 is 1.00 bits per heavy atom. The van der Waals surface area contributed by atoms with E-state index in [0.717, 1.165) is 30.9 Å². The number of hydrogen-bond acceptors (Lipinski definition) is 3. The fourth-order valence-corrected chi connectivity index (χ4v) is 5.99. The van der Waals surface area contributed by atoms with Crippen molar-refractivity contribution < 1.29 is 4.21 Å². The smallest absolute Gasteiger partial charge is 0.191 e. The predicted molar refractivity (Wildman–Crippen MR) is 129 cm³/mol. The van der Waals surface area contributed by atoms with Gasteiger partial charge in [0.25, 0.3) is 0 Å². The van der Waals surface area contributed by atoms with Crippen LogP contribution in [0.1, 0.15) is 36.8 Å². The molecule has 31 heavy (non-hydrogen) atoms.